The van der Waals surface area contributed by atoms with E-state index in [0.29, 0.717) is 12.1 Å². The SMILES string of the molecule is Cc1c(NCc2ccccc2N)cccc1C(=O)O. The van der Waals surface area contributed by atoms with Gasteiger partial charge in [0.05, 0.1) is 5.56 Å². The van der Waals surface area contributed by atoms with Crippen LogP contribution in [0.4, 0.5) is 11.4 Å². The predicted octanol–water partition coefficient (Wildman–Crippen LogP) is 2.89. The van der Waals surface area contributed by atoms with Gasteiger partial charge in [0.2, 0.25) is 0 Å². The molecule has 0 aliphatic heterocycles. The Morgan fingerprint density at radius 2 is 1.95 bits per heavy atom. The second-order valence-electron chi connectivity index (χ2n) is 4.34. The van der Waals surface area contributed by atoms with Crippen molar-refractivity contribution >= 4 is 17.3 Å². The molecule has 19 heavy (non-hydrogen) atoms. The smallest absolute Gasteiger partial charge is 0.336 e. The number of rotatable bonds is 4. The van der Waals surface area contributed by atoms with Crippen LogP contribution in [0.5, 0.6) is 0 Å². The monoisotopic (exact) mass is 256 g/mol. The van der Waals surface area contributed by atoms with E-state index >= 15 is 0 Å². The summed E-state index contributed by atoms with van der Waals surface area (Å²) in [7, 11) is 0. The molecular weight excluding hydrogens is 240 g/mol. The highest BCUT2D eigenvalue weighted by Crippen LogP contribution is 2.20. The second-order valence-corrected chi connectivity index (χ2v) is 4.34. The van der Waals surface area contributed by atoms with E-state index in [1.54, 1.807) is 19.1 Å². The number of nitrogens with one attached hydrogen (secondary N) is 1. The van der Waals surface area contributed by atoms with Gasteiger partial charge in [0.15, 0.2) is 0 Å². The van der Waals surface area contributed by atoms with E-state index in [1.165, 1.54) is 0 Å². The van der Waals surface area contributed by atoms with E-state index in [0.717, 1.165) is 22.5 Å². The first-order valence-corrected chi connectivity index (χ1v) is 5.99. The predicted molar refractivity (Wildman–Crippen MR) is 76.3 cm³/mol. The molecule has 4 N–H and O–H groups in total. The Bertz CT molecular complexity index is 609. The molecule has 0 heterocycles. The Kier molecular flexibility index (Phi) is 3.71. The molecule has 0 bridgehead atoms. The molecule has 0 radical (unpaired) electrons. The molecule has 0 spiro atoms. The van der Waals surface area contributed by atoms with E-state index in [1.807, 2.05) is 30.3 Å². The summed E-state index contributed by atoms with van der Waals surface area (Å²) in [6.45, 7) is 2.36. The van der Waals surface area contributed by atoms with Crippen molar-refractivity contribution in [1.82, 2.24) is 0 Å². The van der Waals surface area contributed by atoms with Crippen molar-refractivity contribution in [3.8, 4) is 0 Å². The lowest BCUT2D eigenvalue weighted by Crippen LogP contribution is -2.07. The Balaban J connectivity index is 2.19. The number of carboxylic acid groups (broad SMARTS) is 1. The Morgan fingerprint density at radius 1 is 1.21 bits per heavy atom. The van der Waals surface area contributed by atoms with Gasteiger partial charge in [0.1, 0.15) is 0 Å². The normalized spacial score (nSPS) is 10.2. The van der Waals surface area contributed by atoms with Crippen molar-refractivity contribution in [2.75, 3.05) is 11.1 Å². The van der Waals surface area contributed by atoms with Crippen LogP contribution in [0.1, 0.15) is 21.5 Å². The van der Waals surface area contributed by atoms with Gasteiger partial charge in [-0.15, -0.1) is 0 Å². The highest BCUT2D eigenvalue weighted by molar-refractivity contribution is 5.91. The Hall–Kier alpha value is -2.49. The number of anilines is 2. The highest BCUT2D eigenvalue weighted by atomic mass is 16.4. The summed E-state index contributed by atoms with van der Waals surface area (Å²) in [6, 6.07) is 12.8. The molecule has 0 amide bonds. The van der Waals surface area contributed by atoms with E-state index in [2.05, 4.69) is 5.32 Å². The maximum Gasteiger partial charge on any atom is 0.336 e. The largest absolute Gasteiger partial charge is 0.478 e. The maximum absolute atomic E-state index is 11.1. The number of hydrogen-bond donors (Lipinski definition) is 3. The molecule has 98 valence electrons. The van der Waals surface area contributed by atoms with Crippen molar-refractivity contribution in [1.29, 1.82) is 0 Å². The van der Waals surface area contributed by atoms with Gasteiger partial charge in [-0.1, -0.05) is 24.3 Å². The third kappa shape index (κ3) is 2.85. The lowest BCUT2D eigenvalue weighted by Gasteiger charge is -2.12. The van der Waals surface area contributed by atoms with Crippen molar-refractivity contribution in [2.24, 2.45) is 0 Å². The Labute approximate surface area is 111 Å². The number of nitrogens with two attached hydrogens (primary N) is 1. The fourth-order valence-electron chi connectivity index (χ4n) is 1.94. The lowest BCUT2D eigenvalue weighted by atomic mass is 10.1. The van der Waals surface area contributed by atoms with Gasteiger partial charge < -0.3 is 16.2 Å². The van der Waals surface area contributed by atoms with Gasteiger partial charge in [-0.05, 0) is 36.2 Å². The summed E-state index contributed by atoms with van der Waals surface area (Å²) < 4.78 is 0. The molecule has 0 saturated heterocycles. The molecule has 0 aromatic heterocycles. The highest BCUT2D eigenvalue weighted by Gasteiger charge is 2.09. The molecule has 4 nitrogen and oxygen atoms in total. The number of aromatic carboxylic acids is 1. The summed E-state index contributed by atoms with van der Waals surface area (Å²) in [5.41, 5.74) is 9.43. The maximum atomic E-state index is 11.1. The fourth-order valence-corrected chi connectivity index (χ4v) is 1.94. The minimum atomic E-state index is -0.916. The molecule has 4 heteroatoms. The van der Waals surface area contributed by atoms with Crippen LogP contribution in [0.3, 0.4) is 0 Å². The third-order valence-corrected chi connectivity index (χ3v) is 3.09. The molecule has 2 aromatic rings. The number of carboxylic acids is 1. The third-order valence-electron chi connectivity index (χ3n) is 3.09. The van der Waals surface area contributed by atoms with E-state index < -0.39 is 5.97 Å². The van der Waals surface area contributed by atoms with E-state index in [-0.39, 0.29) is 0 Å². The molecule has 0 saturated carbocycles. The van der Waals surface area contributed by atoms with E-state index in [4.69, 9.17) is 10.8 Å². The summed E-state index contributed by atoms with van der Waals surface area (Å²) >= 11 is 0. The van der Waals surface area contributed by atoms with Crippen LogP contribution in [0.25, 0.3) is 0 Å². The first-order chi connectivity index (χ1) is 9.09. The average Bonchev–Trinajstić information content (AvgIpc) is 2.39. The number of para-hydroxylation sites is 1. The summed E-state index contributed by atoms with van der Waals surface area (Å²) in [6.07, 6.45) is 0. The minimum absolute atomic E-state index is 0.311. The number of nitrogen functional groups attached to an aromatic ring is 1. The van der Waals surface area contributed by atoms with E-state index in [9.17, 15) is 4.79 Å². The van der Waals surface area contributed by atoms with Gasteiger partial charge >= 0.3 is 5.97 Å². The molecule has 0 unspecified atom stereocenters. The molecule has 0 atom stereocenters. The zero-order valence-corrected chi connectivity index (χ0v) is 10.7. The number of hydrogen-bond acceptors (Lipinski definition) is 3. The van der Waals surface area contributed by atoms with Crippen LogP contribution in [0, 0.1) is 6.92 Å². The zero-order chi connectivity index (χ0) is 13.8. The van der Waals surface area contributed by atoms with Gasteiger partial charge in [0, 0.05) is 17.9 Å². The number of benzene rings is 2. The van der Waals surface area contributed by atoms with Gasteiger partial charge in [0.25, 0.3) is 0 Å². The average molecular weight is 256 g/mol. The molecule has 0 fully saturated rings. The van der Waals surface area contributed by atoms with Crippen LogP contribution in [-0.4, -0.2) is 11.1 Å². The first kappa shape index (κ1) is 13.0. The van der Waals surface area contributed by atoms with Crippen LogP contribution < -0.4 is 11.1 Å². The molecule has 0 aliphatic carbocycles. The number of carbonyl (C=O) groups is 1. The summed E-state index contributed by atoms with van der Waals surface area (Å²) in [5.74, 6) is -0.916. The van der Waals surface area contributed by atoms with Crippen LogP contribution in [0.15, 0.2) is 42.5 Å². The van der Waals surface area contributed by atoms with Crippen molar-refractivity contribution < 1.29 is 9.90 Å². The topological polar surface area (TPSA) is 75.3 Å². The van der Waals surface area contributed by atoms with Crippen LogP contribution in [0.2, 0.25) is 0 Å². The summed E-state index contributed by atoms with van der Waals surface area (Å²) in [4.78, 5) is 11.1. The van der Waals surface area contributed by atoms with Crippen LogP contribution in [-0.2, 0) is 6.54 Å². The quantitative estimate of drug-likeness (QED) is 0.735. The van der Waals surface area contributed by atoms with Gasteiger partial charge in [-0.25, -0.2) is 4.79 Å². The summed E-state index contributed by atoms with van der Waals surface area (Å²) in [5, 5.41) is 12.3. The lowest BCUT2D eigenvalue weighted by molar-refractivity contribution is 0.0696. The van der Waals surface area contributed by atoms with Crippen molar-refractivity contribution in [2.45, 2.75) is 13.5 Å². The molecule has 2 aromatic carbocycles. The fraction of sp³-hybridized carbons (Fsp3) is 0.133. The van der Waals surface area contributed by atoms with Crippen molar-refractivity contribution in [3.05, 3.63) is 59.2 Å². The molecule has 0 aliphatic rings. The van der Waals surface area contributed by atoms with Gasteiger partial charge in [-0.3, -0.25) is 0 Å². The minimum Gasteiger partial charge on any atom is -0.478 e. The molecule has 2 rings (SSSR count). The molecular formula is C15H16N2O2. The second kappa shape index (κ2) is 5.44. The zero-order valence-electron chi connectivity index (χ0n) is 10.7. The van der Waals surface area contributed by atoms with Crippen LogP contribution >= 0.6 is 0 Å². The first-order valence-electron chi connectivity index (χ1n) is 5.99. The van der Waals surface area contributed by atoms with Gasteiger partial charge in [-0.2, -0.15) is 0 Å². The standard InChI is InChI=1S/C15H16N2O2/c1-10-12(15(18)19)6-4-8-14(10)17-9-11-5-2-3-7-13(11)16/h2-8,17H,9,16H2,1H3,(H,18,19). The Morgan fingerprint density at radius 3 is 2.63 bits per heavy atom. The van der Waals surface area contributed by atoms with Crippen molar-refractivity contribution in [3.63, 3.8) is 0 Å².